The van der Waals surface area contributed by atoms with Gasteiger partial charge >= 0.3 is 25.7 Å². The van der Waals surface area contributed by atoms with E-state index < -0.39 is 9.05 Å². The fourth-order valence-electron chi connectivity index (χ4n) is 0. The predicted molar refractivity (Wildman–Crippen MR) is 30.1 cm³/mol. The molecule has 0 spiro atoms. The maximum absolute atomic E-state index is 7.83. The van der Waals surface area contributed by atoms with Gasteiger partial charge in [0, 0.05) is 0 Å². The van der Waals surface area contributed by atoms with Crippen LogP contribution in [0.2, 0.25) is 0 Å². The summed E-state index contributed by atoms with van der Waals surface area (Å²) in [6.45, 7) is 0. The second-order valence-corrected chi connectivity index (χ2v) is 2.78. The van der Waals surface area contributed by atoms with Gasteiger partial charge in [-0.25, -0.2) is 0 Å². The Morgan fingerprint density at radius 2 is 1.11 bits per heavy atom. The first-order valence-electron chi connectivity index (χ1n) is 1.11. The quantitative estimate of drug-likeness (QED) is 0.340. The molecule has 0 atom stereocenters. The van der Waals surface area contributed by atoms with Gasteiger partial charge in [0.15, 0.2) is 0 Å². The van der Waals surface area contributed by atoms with Crippen LogP contribution in [0.3, 0.4) is 0 Å². The van der Waals surface area contributed by atoms with E-state index in [1.54, 1.807) is 0 Å². The van der Waals surface area contributed by atoms with Gasteiger partial charge in [-0.3, -0.25) is 0 Å². The Labute approximate surface area is 60.7 Å². The topological polar surface area (TPSA) is 164 Å². The molecule has 0 aliphatic carbocycles. The van der Waals surface area contributed by atoms with Crippen LogP contribution < -0.4 is 0 Å². The summed E-state index contributed by atoms with van der Waals surface area (Å²) in [6.07, 6.45) is 0. The molecule has 0 bridgehead atoms. The molecule has 9 heavy (non-hydrogen) atoms. The summed E-state index contributed by atoms with van der Waals surface area (Å²) < 4.78 is 3.66. The van der Waals surface area contributed by atoms with Crippen molar-refractivity contribution in [3.8, 4) is 0 Å². The maximum Gasteiger partial charge on any atom is 0.640 e. The third kappa shape index (κ3) is 29.4. The van der Waals surface area contributed by atoms with E-state index >= 15 is 0 Å². The first kappa shape index (κ1) is 22.7. The smallest absolute Gasteiger partial charge is 0.496 e. The van der Waals surface area contributed by atoms with Crippen LogP contribution in [-0.4, -0.2) is 56.5 Å². The largest absolute Gasteiger partial charge is 0.640 e. The lowest BCUT2D eigenvalue weighted by Gasteiger charge is -2.04. The highest BCUT2D eigenvalue weighted by Gasteiger charge is 2.24. The van der Waals surface area contributed by atoms with Crippen LogP contribution in [0.1, 0.15) is 0 Å². The van der Waals surface area contributed by atoms with Crippen molar-refractivity contribution in [2.75, 3.05) is 0 Å². The Morgan fingerprint density at radius 3 is 1.11 bits per heavy atom. The van der Waals surface area contributed by atoms with Crippen LogP contribution in [0, 0.1) is 0 Å². The van der Waals surface area contributed by atoms with E-state index in [1.165, 1.54) is 16.6 Å². The number of hydrogen-bond acceptors (Lipinski definition) is 4. The monoisotopic (exact) mass is 176 g/mol. The van der Waals surface area contributed by atoms with Crippen LogP contribution in [-0.2, 0) is 3.48 Å². The van der Waals surface area contributed by atoms with Gasteiger partial charge in [0.1, 0.15) is 0 Å². The molecule has 0 aliphatic rings. The summed E-state index contributed by atoms with van der Waals surface area (Å²) in [6, 6.07) is 0. The Bertz CT molecular complexity index is 38.7. The highest BCUT2D eigenvalue weighted by molar-refractivity contribution is 6.52. The predicted octanol–water partition coefficient (Wildman–Crippen LogP) is -4.98. The van der Waals surface area contributed by atoms with Gasteiger partial charge in [0.05, 0.1) is 0 Å². The second kappa shape index (κ2) is 8.47. The molecule has 0 unspecified atom stereocenters. The molecule has 0 aliphatic heterocycles. The van der Waals surface area contributed by atoms with Crippen molar-refractivity contribution in [3.05, 3.63) is 0 Å². The van der Waals surface area contributed by atoms with Gasteiger partial charge in [-0.2, -0.15) is 0 Å². The Kier molecular flexibility index (Phi) is 21.4. The first-order valence-corrected chi connectivity index (χ1v) is 3.33. The van der Waals surface area contributed by atoms with E-state index in [0.717, 1.165) is 0 Å². The molecule has 58 valence electrons. The highest BCUT2D eigenvalue weighted by Crippen LogP contribution is 1.79. The van der Waals surface area contributed by atoms with Crippen LogP contribution in [0.4, 0.5) is 0 Å². The molecule has 0 saturated heterocycles. The lowest BCUT2D eigenvalue weighted by Crippen LogP contribution is -2.37. The molecular formula is H9AlO7Si. The van der Waals surface area contributed by atoms with Gasteiger partial charge in [-0.15, -0.1) is 0 Å². The number of rotatable bonds is 1. The molecule has 0 aromatic rings. The van der Waals surface area contributed by atoms with Crippen molar-refractivity contribution < 1.29 is 34.3 Å². The van der Waals surface area contributed by atoms with Crippen LogP contribution in [0.5, 0.6) is 0 Å². The van der Waals surface area contributed by atoms with E-state index in [2.05, 4.69) is 3.48 Å². The zero-order chi connectivity index (χ0) is 5.21. The molecule has 0 heterocycles. The third-order valence-electron chi connectivity index (χ3n) is 0.158. The Balaban J connectivity index is -0.0000000417. The van der Waals surface area contributed by atoms with Crippen LogP contribution in [0.25, 0.3) is 0 Å². The minimum absolute atomic E-state index is 0. The van der Waals surface area contributed by atoms with Crippen molar-refractivity contribution in [3.63, 3.8) is 0 Å². The first-order chi connectivity index (χ1) is 2.56. The molecule has 2 radical (unpaired) electrons. The molecule has 9 heteroatoms. The molecule has 0 aromatic heterocycles. The van der Waals surface area contributed by atoms with Crippen molar-refractivity contribution >= 4 is 25.7 Å². The summed E-state index contributed by atoms with van der Waals surface area (Å²) in [5.41, 5.74) is 0. The molecule has 0 fully saturated rings. The zero-order valence-electron chi connectivity index (χ0n) is 4.33. The Hall–Kier alpha value is 0.469. The normalized spacial score (nSPS) is 7.89. The standard InChI is InChI=1S/Al.H3O4Si.3H2O/c;1-5(2,3)4;;;/h;1-3H;3*1H2/q+1;-1;;;. The minimum Gasteiger partial charge on any atom is -0.496 e. The fraction of sp³-hybridized carbons (Fsp3) is 0. The van der Waals surface area contributed by atoms with E-state index in [9.17, 15) is 0 Å². The van der Waals surface area contributed by atoms with E-state index in [0.29, 0.717) is 0 Å². The summed E-state index contributed by atoms with van der Waals surface area (Å²) in [5, 5.41) is 0. The second-order valence-electron chi connectivity index (χ2n) is 0.692. The average molecular weight is 176 g/mol. The van der Waals surface area contributed by atoms with Gasteiger partial charge < -0.3 is 34.3 Å². The van der Waals surface area contributed by atoms with Crippen molar-refractivity contribution in [2.24, 2.45) is 0 Å². The minimum atomic E-state index is -4.17. The Morgan fingerprint density at radius 1 is 1.00 bits per heavy atom. The SMILES string of the molecule is O.O.O.O[Si](O)(O)[O][Al]. The molecule has 7 nitrogen and oxygen atoms in total. The molecule has 0 amide bonds. The summed E-state index contributed by atoms with van der Waals surface area (Å²) in [5.74, 6) is 0. The summed E-state index contributed by atoms with van der Waals surface area (Å²) >= 11 is 1.54. The number of hydrogen-bond donors (Lipinski definition) is 3. The average Bonchev–Trinajstić information content (AvgIpc) is 1.35. The van der Waals surface area contributed by atoms with E-state index in [4.69, 9.17) is 14.4 Å². The molecule has 0 saturated carbocycles. The molecular weight excluding hydrogens is 167 g/mol. The zero-order valence-corrected chi connectivity index (χ0v) is 6.48. The van der Waals surface area contributed by atoms with Gasteiger partial charge in [0.2, 0.25) is 0 Å². The van der Waals surface area contributed by atoms with Gasteiger partial charge in [-0.1, -0.05) is 0 Å². The lowest BCUT2D eigenvalue weighted by atomic mass is 15.7. The maximum atomic E-state index is 7.83. The third-order valence-corrected chi connectivity index (χ3v) is 1.42. The highest BCUT2D eigenvalue weighted by atomic mass is 28.4. The lowest BCUT2D eigenvalue weighted by molar-refractivity contribution is 0.134. The van der Waals surface area contributed by atoms with Crippen molar-refractivity contribution in [1.82, 2.24) is 0 Å². The van der Waals surface area contributed by atoms with E-state index in [-0.39, 0.29) is 16.4 Å². The summed E-state index contributed by atoms with van der Waals surface area (Å²) in [7, 11) is -4.17. The van der Waals surface area contributed by atoms with Crippen LogP contribution in [0.15, 0.2) is 0 Å². The molecule has 0 aromatic carbocycles. The fourth-order valence-corrected chi connectivity index (χ4v) is 0. The molecule has 0 rings (SSSR count). The van der Waals surface area contributed by atoms with Crippen LogP contribution >= 0.6 is 0 Å². The van der Waals surface area contributed by atoms with E-state index in [1.807, 2.05) is 0 Å². The van der Waals surface area contributed by atoms with Gasteiger partial charge in [0.25, 0.3) is 0 Å². The van der Waals surface area contributed by atoms with Gasteiger partial charge in [-0.05, 0) is 0 Å². The summed E-state index contributed by atoms with van der Waals surface area (Å²) in [4.78, 5) is 23.5. The van der Waals surface area contributed by atoms with Crippen molar-refractivity contribution in [1.29, 1.82) is 0 Å². The van der Waals surface area contributed by atoms with Crippen molar-refractivity contribution in [2.45, 2.75) is 0 Å². The molecule has 9 N–H and O–H groups in total.